The highest BCUT2D eigenvalue weighted by molar-refractivity contribution is 8.01. The van der Waals surface area contributed by atoms with Crippen LogP contribution in [-0.4, -0.2) is 40.1 Å². The predicted molar refractivity (Wildman–Crippen MR) is 83.3 cm³/mol. The van der Waals surface area contributed by atoms with Crippen LogP contribution in [0.4, 0.5) is 0 Å². The molecule has 1 aliphatic heterocycles. The van der Waals surface area contributed by atoms with E-state index in [2.05, 4.69) is 5.32 Å². The van der Waals surface area contributed by atoms with Gasteiger partial charge in [0.1, 0.15) is 18.1 Å². The lowest BCUT2D eigenvalue weighted by atomic mass is 10.0. The molecule has 1 fully saturated rings. The van der Waals surface area contributed by atoms with E-state index in [1.165, 1.54) is 17.1 Å². The van der Waals surface area contributed by atoms with E-state index < -0.39 is 40.1 Å². The highest BCUT2D eigenvalue weighted by Gasteiger charge is 2.49. The summed E-state index contributed by atoms with van der Waals surface area (Å²) in [6, 6.07) is 6.71. The molecule has 1 saturated heterocycles. The van der Waals surface area contributed by atoms with Crippen molar-refractivity contribution in [2.75, 3.05) is 0 Å². The fourth-order valence-electron chi connectivity index (χ4n) is 2.71. The van der Waals surface area contributed by atoms with Crippen LogP contribution in [0.25, 0.3) is 0 Å². The Bertz CT molecular complexity index is 635. The number of carboxylic acid groups (broad SMARTS) is 2. The number of amides is 1. The summed E-state index contributed by atoms with van der Waals surface area (Å²) in [6.45, 7) is 3.40. The maximum atomic E-state index is 12.1. The first-order valence-corrected chi connectivity index (χ1v) is 8.36. The molecule has 0 spiro atoms. The minimum atomic E-state index is -1.44. The third-order valence-corrected chi connectivity index (χ3v) is 5.49. The zero-order valence-electron chi connectivity index (χ0n) is 13.4. The molecule has 0 radical (unpaired) electrons. The Labute approximate surface area is 143 Å². The van der Waals surface area contributed by atoms with Crippen molar-refractivity contribution in [3.63, 3.8) is 0 Å². The van der Waals surface area contributed by atoms with E-state index in [1.54, 1.807) is 38.1 Å². The molecule has 0 saturated carbocycles. The standard InChI is InChI=1S/C16H20N2O5S/c1-16(2)12(15(22)23)18-13(24-16)11(14(20)21)17-10(19)8-9-6-4-3-5-7-9/h3-7,11-13,18H,8H2,1-2H3,(H,17,19)(H,20,21)(H,22,23)/p-1/t11-,12-,13+/m0/s1. The topological polar surface area (TPSA) is 126 Å². The summed E-state index contributed by atoms with van der Waals surface area (Å²) in [6.07, 6.45) is 0.0370. The number of quaternary nitrogens is 1. The van der Waals surface area contributed by atoms with Crippen LogP contribution in [0.15, 0.2) is 30.3 Å². The number of carbonyl (C=O) groups is 3. The minimum Gasteiger partial charge on any atom is -0.548 e. The van der Waals surface area contributed by atoms with E-state index >= 15 is 0 Å². The lowest BCUT2D eigenvalue weighted by molar-refractivity contribution is -0.691. The van der Waals surface area contributed by atoms with Gasteiger partial charge >= 0.3 is 0 Å². The van der Waals surface area contributed by atoms with Gasteiger partial charge in [0.05, 0.1) is 17.1 Å². The number of thioether (sulfide) groups is 1. The molecule has 3 atom stereocenters. The van der Waals surface area contributed by atoms with Crippen molar-refractivity contribution in [1.29, 1.82) is 0 Å². The van der Waals surface area contributed by atoms with Gasteiger partial charge in [0.25, 0.3) is 0 Å². The molecule has 7 nitrogen and oxygen atoms in total. The number of nitrogens with two attached hydrogens (primary N) is 1. The maximum absolute atomic E-state index is 12.1. The van der Waals surface area contributed by atoms with Crippen LogP contribution in [-0.2, 0) is 20.8 Å². The van der Waals surface area contributed by atoms with Crippen LogP contribution in [0.1, 0.15) is 19.4 Å². The molecule has 1 aromatic rings. The number of hydrogen-bond donors (Lipinski definition) is 2. The van der Waals surface area contributed by atoms with Crippen LogP contribution >= 0.6 is 11.8 Å². The van der Waals surface area contributed by atoms with Gasteiger partial charge in [-0.1, -0.05) is 42.1 Å². The lowest BCUT2D eigenvalue weighted by Gasteiger charge is -2.23. The smallest absolute Gasteiger partial charge is 0.225 e. The number of rotatable bonds is 6. The number of carbonyl (C=O) groups excluding carboxylic acids is 3. The second kappa shape index (κ2) is 7.23. The Morgan fingerprint density at radius 1 is 1.25 bits per heavy atom. The van der Waals surface area contributed by atoms with E-state index in [4.69, 9.17) is 0 Å². The fourth-order valence-corrected chi connectivity index (χ4v) is 4.28. The highest BCUT2D eigenvalue weighted by atomic mass is 32.2. The summed E-state index contributed by atoms with van der Waals surface area (Å²) < 4.78 is -0.721. The zero-order valence-corrected chi connectivity index (χ0v) is 14.2. The van der Waals surface area contributed by atoms with Gasteiger partial charge < -0.3 is 30.4 Å². The molecule has 0 aromatic heterocycles. The summed E-state index contributed by atoms with van der Waals surface area (Å²) in [7, 11) is 0. The van der Waals surface area contributed by atoms with Gasteiger partial charge in [-0.15, -0.1) is 0 Å². The number of hydrogen-bond acceptors (Lipinski definition) is 6. The Morgan fingerprint density at radius 3 is 2.38 bits per heavy atom. The van der Waals surface area contributed by atoms with Crippen LogP contribution in [0.3, 0.4) is 0 Å². The summed E-state index contributed by atoms with van der Waals surface area (Å²) in [4.78, 5) is 34.8. The van der Waals surface area contributed by atoms with Gasteiger partial charge in [-0.25, -0.2) is 0 Å². The zero-order chi connectivity index (χ0) is 17.9. The first kappa shape index (κ1) is 18.3. The van der Waals surface area contributed by atoms with E-state index in [1.807, 2.05) is 6.07 Å². The van der Waals surface area contributed by atoms with Gasteiger partial charge in [-0.3, -0.25) is 4.79 Å². The molecule has 0 bridgehead atoms. The number of benzene rings is 1. The number of carboxylic acids is 2. The molecular formula is C16H19N2O5S-. The molecule has 2 rings (SSSR count). The van der Waals surface area contributed by atoms with E-state index in [9.17, 15) is 24.6 Å². The van der Waals surface area contributed by atoms with Crippen LogP contribution in [0.5, 0.6) is 0 Å². The Hall–Kier alpha value is -2.06. The average Bonchev–Trinajstić information content (AvgIpc) is 2.81. The molecule has 130 valence electrons. The monoisotopic (exact) mass is 351 g/mol. The van der Waals surface area contributed by atoms with E-state index in [-0.39, 0.29) is 6.42 Å². The molecule has 8 heteroatoms. The van der Waals surface area contributed by atoms with Gasteiger partial charge in [0.15, 0.2) is 5.37 Å². The molecule has 0 unspecified atom stereocenters. The first-order chi connectivity index (χ1) is 11.2. The van der Waals surface area contributed by atoms with Crippen molar-refractivity contribution in [1.82, 2.24) is 5.32 Å². The number of nitrogens with one attached hydrogen (secondary N) is 1. The third-order valence-electron chi connectivity index (χ3n) is 3.93. The largest absolute Gasteiger partial charge is 0.548 e. The molecule has 3 N–H and O–H groups in total. The quantitative estimate of drug-likeness (QED) is 0.562. The normalized spacial score (nSPS) is 23.4. The van der Waals surface area contributed by atoms with Gasteiger partial charge in [0.2, 0.25) is 5.91 Å². The molecule has 0 aliphatic carbocycles. The lowest BCUT2D eigenvalue weighted by Crippen LogP contribution is -2.98. The van der Waals surface area contributed by atoms with E-state index in [0.717, 1.165) is 5.56 Å². The van der Waals surface area contributed by atoms with E-state index in [0.29, 0.717) is 0 Å². The van der Waals surface area contributed by atoms with Crippen LogP contribution < -0.4 is 20.8 Å². The number of aliphatic carboxylic acids is 2. The second-order valence-corrected chi connectivity index (χ2v) is 8.03. The summed E-state index contributed by atoms with van der Waals surface area (Å²) in [5.41, 5.74) is 0.753. The van der Waals surface area contributed by atoms with Crippen LogP contribution in [0.2, 0.25) is 0 Å². The third kappa shape index (κ3) is 4.27. The summed E-state index contributed by atoms with van der Waals surface area (Å²) >= 11 is 1.18. The minimum absolute atomic E-state index is 0.0370. The predicted octanol–water partition coefficient (Wildman–Crippen LogP) is -3.00. The van der Waals surface area contributed by atoms with Crippen molar-refractivity contribution in [2.45, 2.75) is 42.5 Å². The maximum Gasteiger partial charge on any atom is 0.225 e. The van der Waals surface area contributed by atoms with Crippen molar-refractivity contribution in [3.05, 3.63) is 35.9 Å². The van der Waals surface area contributed by atoms with Gasteiger partial charge in [-0.05, 0) is 19.4 Å². The Kier molecular flexibility index (Phi) is 5.51. The molecule has 1 amide bonds. The first-order valence-electron chi connectivity index (χ1n) is 7.48. The van der Waals surface area contributed by atoms with Gasteiger partial charge in [0, 0.05) is 0 Å². The molecule has 1 heterocycles. The highest BCUT2D eigenvalue weighted by Crippen LogP contribution is 2.34. The summed E-state index contributed by atoms with van der Waals surface area (Å²) in [5.74, 6) is -3.17. The summed E-state index contributed by atoms with van der Waals surface area (Å²) in [5, 5.41) is 25.8. The second-order valence-electron chi connectivity index (χ2n) is 6.20. The van der Waals surface area contributed by atoms with Crippen molar-refractivity contribution in [3.8, 4) is 0 Å². The van der Waals surface area contributed by atoms with Crippen molar-refractivity contribution in [2.24, 2.45) is 0 Å². The molecular weight excluding hydrogens is 332 g/mol. The Balaban J connectivity index is 2.06. The van der Waals surface area contributed by atoms with Gasteiger partial charge in [-0.2, -0.15) is 0 Å². The SMILES string of the molecule is CC1(C)S[C@H]([C@H](NC(=O)Cc2ccccc2)C(=O)[O-])[NH2+][C@H]1C(=O)[O-]. The molecule has 24 heavy (non-hydrogen) atoms. The van der Waals surface area contributed by atoms with Crippen molar-refractivity contribution < 1.29 is 29.9 Å². The fraction of sp³-hybridized carbons (Fsp3) is 0.438. The Morgan fingerprint density at radius 2 is 1.88 bits per heavy atom. The van der Waals surface area contributed by atoms with Crippen LogP contribution in [0, 0.1) is 0 Å². The molecule has 1 aliphatic rings. The van der Waals surface area contributed by atoms with Crippen molar-refractivity contribution >= 4 is 29.6 Å². The average molecular weight is 351 g/mol. The molecule has 1 aromatic carbocycles.